The summed E-state index contributed by atoms with van der Waals surface area (Å²) in [5.74, 6) is 1.84. The van der Waals surface area contributed by atoms with E-state index in [1.54, 1.807) is 11.3 Å². The molecule has 112 valence electrons. The van der Waals surface area contributed by atoms with Crippen molar-refractivity contribution in [1.29, 1.82) is 0 Å². The molecule has 2 aromatic rings. The maximum Gasteiger partial charge on any atom is 0.225 e. The molecule has 4 heterocycles. The van der Waals surface area contributed by atoms with Crippen molar-refractivity contribution in [3.05, 3.63) is 11.4 Å². The van der Waals surface area contributed by atoms with Crippen LogP contribution in [0.25, 0.3) is 10.2 Å². The van der Waals surface area contributed by atoms with E-state index in [9.17, 15) is 0 Å². The Labute approximate surface area is 129 Å². The van der Waals surface area contributed by atoms with Crippen LogP contribution in [0.4, 0.5) is 11.8 Å². The molecule has 0 bridgehead atoms. The first-order valence-corrected chi connectivity index (χ1v) is 8.65. The first kappa shape index (κ1) is 13.3. The van der Waals surface area contributed by atoms with Gasteiger partial charge < -0.3 is 10.2 Å². The summed E-state index contributed by atoms with van der Waals surface area (Å²) in [6.45, 7) is 4.71. The Morgan fingerprint density at radius 1 is 1.24 bits per heavy atom. The summed E-state index contributed by atoms with van der Waals surface area (Å²) in [5, 5.41) is 6.41. The van der Waals surface area contributed by atoms with E-state index in [1.807, 2.05) is 7.05 Å². The number of rotatable bonds is 2. The number of nitrogens with one attached hydrogen (secondary N) is 1. The summed E-state index contributed by atoms with van der Waals surface area (Å²) >= 11 is 1.69. The van der Waals surface area contributed by atoms with Gasteiger partial charge in [-0.15, -0.1) is 11.3 Å². The van der Waals surface area contributed by atoms with E-state index in [4.69, 9.17) is 4.98 Å². The Bertz CT molecular complexity index is 640. The van der Waals surface area contributed by atoms with Crippen LogP contribution in [-0.2, 0) is 0 Å². The number of fused-ring (bicyclic) bond motifs is 2. The molecule has 4 rings (SSSR count). The molecule has 0 aliphatic carbocycles. The lowest BCUT2D eigenvalue weighted by Crippen LogP contribution is -2.37. The summed E-state index contributed by atoms with van der Waals surface area (Å²) < 4.78 is 0. The van der Waals surface area contributed by atoms with Crippen LogP contribution in [0.2, 0.25) is 0 Å². The lowest BCUT2D eigenvalue weighted by Gasteiger charge is -2.27. The highest BCUT2D eigenvalue weighted by molar-refractivity contribution is 7.16. The molecular formula is C15H21N5S. The molecule has 0 amide bonds. The van der Waals surface area contributed by atoms with Crippen molar-refractivity contribution in [3.63, 3.8) is 0 Å². The zero-order valence-electron chi connectivity index (χ0n) is 12.4. The molecule has 2 aromatic heterocycles. The predicted molar refractivity (Wildman–Crippen MR) is 88.4 cm³/mol. The zero-order valence-corrected chi connectivity index (χ0v) is 13.2. The summed E-state index contributed by atoms with van der Waals surface area (Å²) in [4.78, 5) is 15.5. The second kappa shape index (κ2) is 5.42. The van der Waals surface area contributed by atoms with E-state index in [2.05, 4.69) is 31.5 Å². The maximum atomic E-state index is 4.76. The van der Waals surface area contributed by atoms with Gasteiger partial charge in [-0.3, -0.25) is 4.90 Å². The smallest absolute Gasteiger partial charge is 0.225 e. The SMILES string of the molecule is CNc1nc(N2CCCN3CCCC3C2)c2ccsc2n1. The van der Waals surface area contributed by atoms with Gasteiger partial charge in [0, 0.05) is 32.7 Å². The van der Waals surface area contributed by atoms with E-state index in [1.165, 1.54) is 37.7 Å². The molecule has 2 saturated heterocycles. The molecule has 1 atom stereocenters. The standard InChI is InChI=1S/C15H21N5S/c1-16-15-17-13(12-5-9-21-14(12)18-15)20-8-3-7-19-6-2-4-11(19)10-20/h5,9,11H,2-4,6-8,10H2,1H3,(H,16,17,18). The number of aromatic nitrogens is 2. The van der Waals surface area contributed by atoms with Crippen LogP contribution >= 0.6 is 11.3 Å². The first-order valence-electron chi connectivity index (χ1n) is 7.77. The third-order valence-electron chi connectivity index (χ3n) is 4.63. The lowest BCUT2D eigenvalue weighted by molar-refractivity contribution is 0.273. The van der Waals surface area contributed by atoms with E-state index < -0.39 is 0 Å². The third-order valence-corrected chi connectivity index (χ3v) is 5.44. The zero-order chi connectivity index (χ0) is 14.2. The van der Waals surface area contributed by atoms with Crippen molar-refractivity contribution in [2.75, 3.05) is 43.4 Å². The molecule has 6 heteroatoms. The van der Waals surface area contributed by atoms with Gasteiger partial charge in [0.05, 0.1) is 5.39 Å². The number of nitrogens with zero attached hydrogens (tertiary/aromatic N) is 4. The topological polar surface area (TPSA) is 44.3 Å². The molecule has 1 N–H and O–H groups in total. The molecule has 0 radical (unpaired) electrons. The summed E-state index contributed by atoms with van der Waals surface area (Å²) in [6.07, 6.45) is 3.90. The summed E-state index contributed by atoms with van der Waals surface area (Å²) in [5.41, 5.74) is 0. The van der Waals surface area contributed by atoms with Gasteiger partial charge in [0.2, 0.25) is 5.95 Å². The second-order valence-electron chi connectivity index (χ2n) is 5.89. The fourth-order valence-corrected chi connectivity index (χ4v) is 4.35. The summed E-state index contributed by atoms with van der Waals surface area (Å²) in [7, 11) is 1.89. The molecule has 2 fully saturated rings. The Kier molecular flexibility index (Phi) is 3.43. The molecule has 5 nitrogen and oxygen atoms in total. The highest BCUT2D eigenvalue weighted by Crippen LogP contribution is 2.31. The van der Waals surface area contributed by atoms with Gasteiger partial charge in [-0.05, 0) is 37.3 Å². The molecule has 0 saturated carbocycles. The first-order chi connectivity index (χ1) is 10.3. The van der Waals surface area contributed by atoms with E-state index in [-0.39, 0.29) is 0 Å². The van der Waals surface area contributed by atoms with Gasteiger partial charge in [-0.1, -0.05) is 0 Å². The van der Waals surface area contributed by atoms with Gasteiger partial charge in [0.15, 0.2) is 0 Å². The normalized spacial score (nSPS) is 23.3. The number of hydrogen-bond donors (Lipinski definition) is 1. The number of thiophene rings is 1. The van der Waals surface area contributed by atoms with E-state index in [0.29, 0.717) is 6.04 Å². The molecule has 2 aliphatic rings. The van der Waals surface area contributed by atoms with Gasteiger partial charge in [-0.25, -0.2) is 4.98 Å². The Balaban J connectivity index is 1.72. The Morgan fingerprint density at radius 2 is 2.14 bits per heavy atom. The van der Waals surface area contributed by atoms with Crippen LogP contribution in [0.1, 0.15) is 19.3 Å². The van der Waals surface area contributed by atoms with Crippen molar-refractivity contribution in [2.24, 2.45) is 0 Å². The average molecular weight is 303 g/mol. The monoisotopic (exact) mass is 303 g/mol. The maximum absolute atomic E-state index is 4.76. The molecule has 21 heavy (non-hydrogen) atoms. The van der Waals surface area contributed by atoms with Crippen molar-refractivity contribution >= 4 is 33.3 Å². The van der Waals surface area contributed by atoms with Crippen LogP contribution in [0.5, 0.6) is 0 Å². The average Bonchev–Trinajstić information content (AvgIpc) is 3.10. The minimum Gasteiger partial charge on any atom is -0.357 e. The van der Waals surface area contributed by atoms with Crippen LogP contribution in [0, 0.1) is 0 Å². The molecule has 0 aromatic carbocycles. The third kappa shape index (κ3) is 2.36. The van der Waals surface area contributed by atoms with Crippen LogP contribution < -0.4 is 10.2 Å². The minimum absolute atomic E-state index is 0.703. The Morgan fingerprint density at radius 3 is 3.05 bits per heavy atom. The molecule has 2 aliphatic heterocycles. The molecular weight excluding hydrogens is 282 g/mol. The highest BCUT2D eigenvalue weighted by Gasteiger charge is 2.30. The molecule has 1 unspecified atom stereocenters. The van der Waals surface area contributed by atoms with Gasteiger partial charge in [-0.2, -0.15) is 4.98 Å². The number of hydrogen-bond acceptors (Lipinski definition) is 6. The Hall–Kier alpha value is -1.40. The van der Waals surface area contributed by atoms with Crippen LogP contribution in [0.3, 0.4) is 0 Å². The second-order valence-corrected chi connectivity index (χ2v) is 6.79. The van der Waals surface area contributed by atoms with Gasteiger partial charge >= 0.3 is 0 Å². The van der Waals surface area contributed by atoms with E-state index >= 15 is 0 Å². The van der Waals surface area contributed by atoms with Gasteiger partial charge in [0.25, 0.3) is 0 Å². The van der Waals surface area contributed by atoms with Crippen molar-refractivity contribution in [3.8, 4) is 0 Å². The summed E-state index contributed by atoms with van der Waals surface area (Å²) in [6, 6.07) is 2.86. The van der Waals surface area contributed by atoms with E-state index in [0.717, 1.165) is 29.7 Å². The molecule has 0 spiro atoms. The van der Waals surface area contributed by atoms with Crippen LogP contribution in [0.15, 0.2) is 11.4 Å². The fraction of sp³-hybridized carbons (Fsp3) is 0.600. The quantitative estimate of drug-likeness (QED) is 0.923. The predicted octanol–water partition coefficient (Wildman–Crippen LogP) is 2.41. The van der Waals surface area contributed by atoms with Gasteiger partial charge in [0.1, 0.15) is 10.6 Å². The number of anilines is 2. The van der Waals surface area contributed by atoms with Crippen LogP contribution in [-0.4, -0.2) is 54.1 Å². The van der Waals surface area contributed by atoms with Crippen molar-refractivity contribution in [1.82, 2.24) is 14.9 Å². The van der Waals surface area contributed by atoms with Crippen molar-refractivity contribution < 1.29 is 0 Å². The van der Waals surface area contributed by atoms with Crippen molar-refractivity contribution in [2.45, 2.75) is 25.3 Å². The largest absolute Gasteiger partial charge is 0.357 e. The lowest BCUT2D eigenvalue weighted by atomic mass is 10.2. The highest BCUT2D eigenvalue weighted by atomic mass is 32.1. The fourth-order valence-electron chi connectivity index (χ4n) is 3.59. The minimum atomic E-state index is 0.703.